The van der Waals surface area contributed by atoms with E-state index in [1.807, 2.05) is 0 Å². The van der Waals surface area contributed by atoms with Crippen molar-refractivity contribution in [1.29, 1.82) is 0 Å². The Morgan fingerprint density at radius 1 is 0.516 bits per heavy atom. The number of hydrogen-bond acceptors (Lipinski definition) is 10. The molecule has 0 aromatic carbocycles. The summed E-state index contributed by atoms with van der Waals surface area (Å²) in [7, 11) is 0. The first-order valence-corrected chi connectivity index (χ1v) is 25.6. The lowest BCUT2D eigenvalue weighted by molar-refractivity contribution is -0.305. The standard InChI is InChI=1S/C52H94O10/c1-3-5-7-9-11-13-15-17-19-21-22-23-25-26-28-30-32-34-36-38-40-47(54)59-43-45(44-60-52-51(58)50(57)49(56)46(42-53)62-52)61-48(55)41-39-37-35-33-31-29-27-24-20-18-16-14-12-10-8-6-4-2/h6,8,12,14,18,20,45-46,49-53,56-58H,3-5,7,9-11,13,15-17,19,21-44H2,1-2H3/b8-6-,14-12-,20-18-. The molecule has 62 heavy (non-hydrogen) atoms. The van der Waals surface area contributed by atoms with Crippen molar-refractivity contribution >= 4 is 11.9 Å². The highest BCUT2D eigenvalue weighted by Gasteiger charge is 2.44. The number of carbonyl (C=O) groups is 2. The van der Waals surface area contributed by atoms with Gasteiger partial charge in [-0.2, -0.15) is 0 Å². The van der Waals surface area contributed by atoms with E-state index in [1.54, 1.807) is 0 Å². The summed E-state index contributed by atoms with van der Waals surface area (Å²) in [4.78, 5) is 25.4. The summed E-state index contributed by atoms with van der Waals surface area (Å²) in [5.74, 6) is -0.808. The van der Waals surface area contributed by atoms with Crippen LogP contribution in [0.5, 0.6) is 0 Å². The number of ether oxygens (including phenoxy) is 4. The van der Waals surface area contributed by atoms with E-state index in [1.165, 1.54) is 128 Å². The van der Waals surface area contributed by atoms with Crippen LogP contribution < -0.4 is 0 Å². The normalized spacial score (nSPS) is 19.9. The summed E-state index contributed by atoms with van der Waals surface area (Å²) in [6.07, 6.45) is 42.9. The van der Waals surface area contributed by atoms with E-state index >= 15 is 0 Å². The van der Waals surface area contributed by atoms with E-state index in [0.29, 0.717) is 6.42 Å². The van der Waals surface area contributed by atoms with Crippen LogP contribution in [0.2, 0.25) is 0 Å². The summed E-state index contributed by atoms with van der Waals surface area (Å²) in [5, 5.41) is 40.2. The molecule has 1 aliphatic rings. The molecular weight excluding hydrogens is 785 g/mol. The number of rotatable bonds is 43. The number of hydrogen-bond donors (Lipinski definition) is 4. The van der Waals surface area contributed by atoms with Crippen LogP contribution in [-0.2, 0) is 28.5 Å². The van der Waals surface area contributed by atoms with Crippen LogP contribution in [0.3, 0.4) is 0 Å². The Morgan fingerprint density at radius 2 is 0.952 bits per heavy atom. The second-order valence-corrected chi connectivity index (χ2v) is 17.6. The maximum atomic E-state index is 12.8. The number of esters is 2. The van der Waals surface area contributed by atoms with Crippen molar-refractivity contribution in [3.63, 3.8) is 0 Å². The fourth-order valence-electron chi connectivity index (χ4n) is 7.79. The van der Waals surface area contributed by atoms with Crippen LogP contribution in [0.15, 0.2) is 36.5 Å². The molecule has 0 bridgehead atoms. The van der Waals surface area contributed by atoms with Crippen LogP contribution in [0.25, 0.3) is 0 Å². The van der Waals surface area contributed by atoms with Gasteiger partial charge in [-0.05, 0) is 44.9 Å². The maximum absolute atomic E-state index is 12.8. The average molecular weight is 879 g/mol. The van der Waals surface area contributed by atoms with Crippen LogP contribution in [0, 0.1) is 0 Å². The lowest BCUT2D eigenvalue weighted by Gasteiger charge is -2.39. The smallest absolute Gasteiger partial charge is 0.306 e. The summed E-state index contributed by atoms with van der Waals surface area (Å²) >= 11 is 0. The zero-order valence-corrected chi connectivity index (χ0v) is 39.6. The molecule has 1 aliphatic heterocycles. The first kappa shape index (κ1) is 57.9. The number of carbonyl (C=O) groups excluding carboxylic acids is 2. The minimum absolute atomic E-state index is 0.219. The van der Waals surface area contributed by atoms with Gasteiger partial charge in [0.15, 0.2) is 12.4 Å². The van der Waals surface area contributed by atoms with Gasteiger partial charge >= 0.3 is 11.9 Å². The van der Waals surface area contributed by atoms with Crippen molar-refractivity contribution in [3.8, 4) is 0 Å². The highest BCUT2D eigenvalue weighted by Crippen LogP contribution is 2.23. The molecule has 0 aromatic heterocycles. The summed E-state index contributed by atoms with van der Waals surface area (Å²) in [5.41, 5.74) is 0. The van der Waals surface area contributed by atoms with Crippen molar-refractivity contribution in [2.24, 2.45) is 0 Å². The van der Waals surface area contributed by atoms with Gasteiger partial charge in [0.25, 0.3) is 0 Å². The van der Waals surface area contributed by atoms with Gasteiger partial charge in [-0.25, -0.2) is 0 Å². The predicted octanol–water partition coefficient (Wildman–Crippen LogP) is 11.8. The molecule has 6 unspecified atom stereocenters. The van der Waals surface area contributed by atoms with Gasteiger partial charge in [0.2, 0.25) is 0 Å². The van der Waals surface area contributed by atoms with Gasteiger partial charge in [0, 0.05) is 12.8 Å². The highest BCUT2D eigenvalue weighted by molar-refractivity contribution is 5.70. The molecule has 0 spiro atoms. The van der Waals surface area contributed by atoms with Gasteiger partial charge in [-0.15, -0.1) is 0 Å². The van der Waals surface area contributed by atoms with E-state index < -0.39 is 49.4 Å². The molecule has 0 radical (unpaired) electrons. The minimum atomic E-state index is -1.60. The van der Waals surface area contributed by atoms with Crippen molar-refractivity contribution in [3.05, 3.63) is 36.5 Å². The molecule has 4 N–H and O–H groups in total. The molecule has 0 aliphatic carbocycles. The van der Waals surface area contributed by atoms with Crippen LogP contribution in [0.1, 0.15) is 226 Å². The second-order valence-electron chi connectivity index (χ2n) is 17.6. The third kappa shape index (κ3) is 33.4. The lowest BCUT2D eigenvalue weighted by atomic mass is 9.99. The van der Waals surface area contributed by atoms with Gasteiger partial charge in [0.1, 0.15) is 31.0 Å². The van der Waals surface area contributed by atoms with Crippen molar-refractivity contribution in [1.82, 2.24) is 0 Å². The van der Waals surface area contributed by atoms with Gasteiger partial charge in [-0.1, -0.05) is 204 Å². The number of unbranched alkanes of at least 4 members (excludes halogenated alkanes) is 26. The Balaban J connectivity index is 2.25. The zero-order chi connectivity index (χ0) is 45.1. The van der Waals surface area contributed by atoms with E-state index in [2.05, 4.69) is 50.3 Å². The van der Waals surface area contributed by atoms with Crippen molar-refractivity contribution < 1.29 is 49.0 Å². The molecule has 1 heterocycles. The fourth-order valence-corrected chi connectivity index (χ4v) is 7.79. The molecule has 362 valence electrons. The molecule has 1 saturated heterocycles. The summed E-state index contributed by atoms with van der Waals surface area (Å²) in [6, 6.07) is 0. The molecule has 1 fully saturated rings. The van der Waals surface area contributed by atoms with Crippen LogP contribution >= 0.6 is 0 Å². The van der Waals surface area contributed by atoms with E-state index in [-0.39, 0.29) is 32.0 Å². The van der Waals surface area contributed by atoms with Gasteiger partial charge in [-0.3, -0.25) is 9.59 Å². The average Bonchev–Trinajstić information content (AvgIpc) is 3.27. The molecule has 0 amide bonds. The maximum Gasteiger partial charge on any atom is 0.306 e. The molecule has 10 heteroatoms. The summed E-state index contributed by atoms with van der Waals surface area (Å²) < 4.78 is 22.2. The molecule has 6 atom stereocenters. The quantitative estimate of drug-likeness (QED) is 0.0265. The Hall–Kier alpha value is -2.08. The van der Waals surface area contributed by atoms with Crippen LogP contribution in [-0.4, -0.2) is 89.0 Å². The van der Waals surface area contributed by atoms with E-state index in [9.17, 15) is 30.0 Å². The third-order valence-corrected chi connectivity index (χ3v) is 11.8. The molecule has 0 aromatic rings. The molecule has 10 nitrogen and oxygen atoms in total. The molecular formula is C52H94O10. The minimum Gasteiger partial charge on any atom is -0.462 e. The predicted molar refractivity (Wildman–Crippen MR) is 252 cm³/mol. The largest absolute Gasteiger partial charge is 0.462 e. The monoisotopic (exact) mass is 879 g/mol. The third-order valence-electron chi connectivity index (χ3n) is 11.8. The van der Waals surface area contributed by atoms with Crippen molar-refractivity contribution in [2.75, 3.05) is 19.8 Å². The Bertz CT molecular complexity index is 1110. The highest BCUT2D eigenvalue weighted by atomic mass is 16.7. The van der Waals surface area contributed by atoms with Crippen molar-refractivity contribution in [2.45, 2.75) is 263 Å². The second kappa shape index (κ2) is 42.8. The fraction of sp³-hybridized carbons (Fsp3) is 0.846. The Morgan fingerprint density at radius 3 is 1.44 bits per heavy atom. The number of aliphatic hydroxyl groups excluding tert-OH is 4. The number of allylic oxidation sites excluding steroid dienone is 6. The van der Waals surface area contributed by atoms with Gasteiger partial charge < -0.3 is 39.4 Å². The van der Waals surface area contributed by atoms with E-state index in [0.717, 1.165) is 64.2 Å². The Labute approximate surface area is 378 Å². The first-order chi connectivity index (χ1) is 30.3. The topological polar surface area (TPSA) is 152 Å². The van der Waals surface area contributed by atoms with Gasteiger partial charge in [0.05, 0.1) is 13.2 Å². The first-order valence-electron chi connectivity index (χ1n) is 25.6. The number of aliphatic hydroxyl groups is 4. The molecule has 1 rings (SSSR count). The zero-order valence-electron chi connectivity index (χ0n) is 39.6. The lowest BCUT2D eigenvalue weighted by Crippen LogP contribution is -2.59. The Kier molecular flexibility index (Phi) is 40.0. The van der Waals surface area contributed by atoms with Crippen LogP contribution in [0.4, 0.5) is 0 Å². The summed E-state index contributed by atoms with van der Waals surface area (Å²) in [6.45, 7) is 3.34. The SMILES string of the molecule is CC/C=C\C/C=C\C/C=C\CCCCCCCCCC(=O)OC(COC(=O)CCCCCCCCCCCCCCCCCCCCCC)COC1OC(CO)C(O)C(O)C1O. The molecule has 0 saturated carbocycles. The van der Waals surface area contributed by atoms with E-state index in [4.69, 9.17) is 18.9 Å².